The molecular formula is C14H23N3O. The van der Waals surface area contributed by atoms with Crippen LogP contribution in [0.4, 0.5) is 0 Å². The third kappa shape index (κ3) is 3.82. The Morgan fingerprint density at radius 3 is 2.22 bits per heavy atom. The Kier molecular flexibility index (Phi) is 5.31. The standard InChI is InChI=1S/C14H23N3O/c1-3-14(16,4-2)10-17-13(18)12-7-5-11(9-15)6-8-12/h5-8H,3-4,9-10,15-16H2,1-2H3,(H,17,18). The van der Waals surface area contributed by atoms with Crippen LogP contribution in [0, 0.1) is 0 Å². The lowest BCUT2D eigenvalue weighted by atomic mass is 9.94. The summed E-state index contributed by atoms with van der Waals surface area (Å²) in [6, 6.07) is 7.30. The highest BCUT2D eigenvalue weighted by atomic mass is 16.1. The summed E-state index contributed by atoms with van der Waals surface area (Å²) in [6.07, 6.45) is 1.69. The summed E-state index contributed by atoms with van der Waals surface area (Å²) in [7, 11) is 0. The largest absolute Gasteiger partial charge is 0.350 e. The van der Waals surface area contributed by atoms with Crippen molar-refractivity contribution in [2.75, 3.05) is 6.54 Å². The van der Waals surface area contributed by atoms with E-state index in [0.29, 0.717) is 18.7 Å². The highest BCUT2D eigenvalue weighted by Crippen LogP contribution is 2.10. The Morgan fingerprint density at radius 2 is 1.78 bits per heavy atom. The highest BCUT2D eigenvalue weighted by Gasteiger charge is 2.21. The van der Waals surface area contributed by atoms with Gasteiger partial charge in [-0.2, -0.15) is 0 Å². The lowest BCUT2D eigenvalue weighted by Gasteiger charge is -2.26. The van der Waals surface area contributed by atoms with Gasteiger partial charge in [0.1, 0.15) is 0 Å². The second-order valence-electron chi connectivity index (χ2n) is 4.65. The molecule has 4 heteroatoms. The van der Waals surface area contributed by atoms with Crippen molar-refractivity contribution in [1.82, 2.24) is 5.32 Å². The maximum atomic E-state index is 11.9. The highest BCUT2D eigenvalue weighted by molar-refractivity contribution is 5.94. The van der Waals surface area contributed by atoms with Gasteiger partial charge in [-0.3, -0.25) is 4.79 Å². The van der Waals surface area contributed by atoms with Gasteiger partial charge in [0.2, 0.25) is 0 Å². The zero-order valence-electron chi connectivity index (χ0n) is 11.2. The second-order valence-corrected chi connectivity index (χ2v) is 4.65. The minimum Gasteiger partial charge on any atom is -0.350 e. The number of carbonyl (C=O) groups is 1. The van der Waals surface area contributed by atoms with E-state index in [0.717, 1.165) is 18.4 Å². The average molecular weight is 249 g/mol. The van der Waals surface area contributed by atoms with E-state index in [2.05, 4.69) is 5.32 Å². The molecule has 0 heterocycles. The van der Waals surface area contributed by atoms with E-state index < -0.39 is 0 Å². The summed E-state index contributed by atoms with van der Waals surface area (Å²) in [6.45, 7) is 5.05. The molecule has 5 N–H and O–H groups in total. The molecule has 100 valence electrons. The van der Waals surface area contributed by atoms with Gasteiger partial charge in [-0.15, -0.1) is 0 Å². The topological polar surface area (TPSA) is 81.1 Å². The lowest BCUT2D eigenvalue weighted by molar-refractivity contribution is 0.0942. The van der Waals surface area contributed by atoms with E-state index in [1.807, 2.05) is 26.0 Å². The molecule has 0 aliphatic rings. The number of benzene rings is 1. The summed E-state index contributed by atoms with van der Waals surface area (Å²) >= 11 is 0. The van der Waals surface area contributed by atoms with Crippen molar-refractivity contribution < 1.29 is 4.79 Å². The molecule has 1 amide bonds. The third-order valence-corrected chi connectivity index (χ3v) is 3.46. The molecule has 0 radical (unpaired) electrons. The van der Waals surface area contributed by atoms with Crippen molar-refractivity contribution in [3.63, 3.8) is 0 Å². The Balaban J connectivity index is 2.59. The van der Waals surface area contributed by atoms with Gasteiger partial charge in [-0.25, -0.2) is 0 Å². The molecule has 4 nitrogen and oxygen atoms in total. The number of carbonyl (C=O) groups excluding carboxylic acids is 1. The number of amides is 1. The minimum atomic E-state index is -0.313. The summed E-state index contributed by atoms with van der Waals surface area (Å²) in [5.41, 5.74) is 13.0. The first-order chi connectivity index (χ1) is 8.54. The van der Waals surface area contributed by atoms with Crippen LogP contribution in [-0.2, 0) is 6.54 Å². The zero-order valence-corrected chi connectivity index (χ0v) is 11.2. The molecule has 0 saturated heterocycles. The van der Waals surface area contributed by atoms with Crippen molar-refractivity contribution >= 4 is 5.91 Å². The van der Waals surface area contributed by atoms with Gasteiger partial charge in [-0.1, -0.05) is 26.0 Å². The quantitative estimate of drug-likeness (QED) is 0.712. The first-order valence-electron chi connectivity index (χ1n) is 6.40. The van der Waals surface area contributed by atoms with Gasteiger partial charge in [-0.05, 0) is 30.5 Å². The lowest BCUT2D eigenvalue weighted by Crippen LogP contribution is -2.49. The molecule has 0 bridgehead atoms. The van der Waals surface area contributed by atoms with E-state index in [1.54, 1.807) is 12.1 Å². The van der Waals surface area contributed by atoms with Crippen LogP contribution in [0.15, 0.2) is 24.3 Å². The van der Waals surface area contributed by atoms with Gasteiger partial charge < -0.3 is 16.8 Å². The molecule has 0 aliphatic heterocycles. The average Bonchev–Trinajstić information content (AvgIpc) is 2.44. The van der Waals surface area contributed by atoms with Gasteiger partial charge in [0.15, 0.2) is 0 Å². The van der Waals surface area contributed by atoms with Crippen LogP contribution in [0.2, 0.25) is 0 Å². The van der Waals surface area contributed by atoms with Crippen LogP contribution < -0.4 is 16.8 Å². The van der Waals surface area contributed by atoms with E-state index in [-0.39, 0.29) is 11.4 Å². The Bertz CT molecular complexity index is 383. The zero-order chi connectivity index (χ0) is 13.6. The van der Waals surface area contributed by atoms with Gasteiger partial charge in [0.25, 0.3) is 5.91 Å². The Labute approximate surface area is 109 Å². The van der Waals surface area contributed by atoms with Crippen molar-refractivity contribution in [2.24, 2.45) is 11.5 Å². The molecule has 0 unspecified atom stereocenters. The van der Waals surface area contributed by atoms with E-state index in [1.165, 1.54) is 0 Å². The monoisotopic (exact) mass is 249 g/mol. The van der Waals surface area contributed by atoms with E-state index in [9.17, 15) is 4.79 Å². The molecule has 1 rings (SSSR count). The van der Waals surface area contributed by atoms with Crippen LogP contribution in [-0.4, -0.2) is 18.0 Å². The number of hydrogen-bond acceptors (Lipinski definition) is 3. The fourth-order valence-corrected chi connectivity index (χ4v) is 1.65. The fourth-order valence-electron chi connectivity index (χ4n) is 1.65. The molecular weight excluding hydrogens is 226 g/mol. The number of nitrogens with two attached hydrogens (primary N) is 2. The molecule has 0 aromatic heterocycles. The van der Waals surface area contributed by atoms with Crippen LogP contribution in [0.1, 0.15) is 42.6 Å². The van der Waals surface area contributed by atoms with Crippen molar-refractivity contribution in [3.05, 3.63) is 35.4 Å². The molecule has 1 aromatic rings. The first-order valence-corrected chi connectivity index (χ1v) is 6.40. The van der Waals surface area contributed by atoms with Crippen molar-refractivity contribution in [1.29, 1.82) is 0 Å². The molecule has 0 spiro atoms. The normalized spacial score (nSPS) is 11.3. The summed E-state index contributed by atoms with van der Waals surface area (Å²) in [4.78, 5) is 11.9. The minimum absolute atomic E-state index is 0.0877. The van der Waals surface area contributed by atoms with Crippen LogP contribution in [0.25, 0.3) is 0 Å². The maximum absolute atomic E-state index is 11.9. The Hall–Kier alpha value is -1.39. The third-order valence-electron chi connectivity index (χ3n) is 3.46. The summed E-state index contributed by atoms with van der Waals surface area (Å²) in [5.74, 6) is -0.0877. The van der Waals surface area contributed by atoms with Crippen LogP contribution in [0.3, 0.4) is 0 Å². The molecule has 0 fully saturated rings. The van der Waals surface area contributed by atoms with Crippen LogP contribution in [0.5, 0.6) is 0 Å². The SMILES string of the molecule is CCC(N)(CC)CNC(=O)c1ccc(CN)cc1. The van der Waals surface area contributed by atoms with Crippen LogP contribution >= 0.6 is 0 Å². The fraction of sp³-hybridized carbons (Fsp3) is 0.500. The molecule has 18 heavy (non-hydrogen) atoms. The second kappa shape index (κ2) is 6.52. The Morgan fingerprint density at radius 1 is 1.22 bits per heavy atom. The predicted molar refractivity (Wildman–Crippen MR) is 74.2 cm³/mol. The number of nitrogens with one attached hydrogen (secondary N) is 1. The van der Waals surface area contributed by atoms with Gasteiger partial charge in [0, 0.05) is 24.2 Å². The maximum Gasteiger partial charge on any atom is 0.251 e. The molecule has 0 aliphatic carbocycles. The predicted octanol–water partition coefficient (Wildman–Crippen LogP) is 1.39. The van der Waals surface area contributed by atoms with E-state index in [4.69, 9.17) is 11.5 Å². The molecule has 1 aromatic carbocycles. The van der Waals surface area contributed by atoms with Gasteiger partial charge >= 0.3 is 0 Å². The van der Waals surface area contributed by atoms with Crippen molar-refractivity contribution in [2.45, 2.75) is 38.8 Å². The smallest absolute Gasteiger partial charge is 0.251 e. The summed E-state index contributed by atoms with van der Waals surface area (Å²) in [5, 5.41) is 2.88. The number of hydrogen-bond donors (Lipinski definition) is 3. The first kappa shape index (κ1) is 14.7. The van der Waals surface area contributed by atoms with Crippen molar-refractivity contribution in [3.8, 4) is 0 Å². The van der Waals surface area contributed by atoms with E-state index >= 15 is 0 Å². The summed E-state index contributed by atoms with van der Waals surface area (Å²) < 4.78 is 0. The molecule has 0 saturated carbocycles. The molecule has 0 atom stereocenters. The number of rotatable bonds is 6. The van der Waals surface area contributed by atoms with Gasteiger partial charge in [0.05, 0.1) is 0 Å².